The molecule has 3 aromatic rings. The summed E-state index contributed by atoms with van der Waals surface area (Å²) in [6, 6.07) is 4.60. The van der Waals surface area contributed by atoms with Crippen molar-refractivity contribution in [3.63, 3.8) is 0 Å². The topological polar surface area (TPSA) is 84.9 Å². The molecule has 0 radical (unpaired) electrons. The lowest BCUT2D eigenvalue weighted by molar-refractivity contribution is 0.619. The molecule has 0 atom stereocenters. The number of oxazole rings is 1. The maximum absolute atomic E-state index is 11.7. The Hall–Kier alpha value is -2.27. The highest BCUT2D eigenvalue weighted by atomic mass is 35.5. The number of nitrogens with one attached hydrogen (secondary N) is 1. The van der Waals surface area contributed by atoms with Gasteiger partial charge in [0.05, 0.1) is 10.7 Å². The number of rotatable bonds is 1. The number of nitrogens with two attached hydrogens (primary N) is 1. The Kier molecular flexibility index (Phi) is 2.34. The molecule has 0 bridgehead atoms. The van der Waals surface area contributed by atoms with Crippen molar-refractivity contribution >= 4 is 28.4 Å². The van der Waals surface area contributed by atoms with Gasteiger partial charge in [0, 0.05) is 24.5 Å². The van der Waals surface area contributed by atoms with E-state index in [9.17, 15) is 4.79 Å². The number of hydrogen-bond donors (Lipinski definition) is 2. The summed E-state index contributed by atoms with van der Waals surface area (Å²) in [5.74, 6) is 0.244. The van der Waals surface area contributed by atoms with Crippen molar-refractivity contribution in [3.05, 3.63) is 45.8 Å². The van der Waals surface area contributed by atoms with Gasteiger partial charge < -0.3 is 15.1 Å². The van der Waals surface area contributed by atoms with Crippen LogP contribution in [0.2, 0.25) is 5.02 Å². The van der Waals surface area contributed by atoms with Crippen molar-refractivity contribution in [3.8, 4) is 11.5 Å². The summed E-state index contributed by atoms with van der Waals surface area (Å²) in [5.41, 5.74) is 7.34. The summed E-state index contributed by atoms with van der Waals surface area (Å²) >= 11 is 5.90. The molecule has 0 spiro atoms. The third kappa shape index (κ3) is 1.65. The van der Waals surface area contributed by atoms with Crippen LogP contribution in [0, 0.1) is 0 Å². The summed E-state index contributed by atoms with van der Waals surface area (Å²) in [4.78, 5) is 18.7. The molecule has 3 N–H and O–H groups in total. The highest BCUT2D eigenvalue weighted by Gasteiger charge is 2.12. The number of fused-ring (bicyclic) bond motifs is 1. The van der Waals surface area contributed by atoms with Crippen LogP contribution in [0.25, 0.3) is 22.6 Å². The molecular formula is C12H8ClN3O2. The summed E-state index contributed by atoms with van der Waals surface area (Å²) in [7, 11) is 0. The second-order valence-corrected chi connectivity index (χ2v) is 4.19. The number of nitrogens with zero attached hydrogens (tertiary/aromatic N) is 1. The van der Waals surface area contributed by atoms with E-state index in [-0.39, 0.29) is 11.3 Å². The fourth-order valence-corrected chi connectivity index (χ4v) is 1.82. The van der Waals surface area contributed by atoms with E-state index in [0.717, 1.165) is 0 Å². The van der Waals surface area contributed by atoms with Crippen LogP contribution in [0.15, 0.2) is 39.8 Å². The predicted octanol–water partition coefficient (Wildman–Crippen LogP) is 2.42. The average Bonchev–Trinajstić information content (AvgIpc) is 2.73. The second kappa shape index (κ2) is 3.89. The average molecular weight is 262 g/mol. The summed E-state index contributed by atoms with van der Waals surface area (Å²) < 4.78 is 5.50. The standard InChI is InChI=1S/C12H8ClN3O2/c13-7-3-9-11(4-8(7)14)18-12(16-9)6-5-15-2-1-10(6)17/h1-5H,14H2,(H,15,17). The Morgan fingerprint density at radius 2 is 2.22 bits per heavy atom. The molecule has 0 amide bonds. The number of aromatic amines is 1. The number of nitrogen functional groups attached to an aromatic ring is 1. The molecule has 1 aromatic carbocycles. The normalized spacial score (nSPS) is 10.9. The molecule has 0 saturated heterocycles. The number of aromatic nitrogens is 2. The second-order valence-electron chi connectivity index (χ2n) is 3.78. The van der Waals surface area contributed by atoms with Crippen LogP contribution in [-0.4, -0.2) is 9.97 Å². The van der Waals surface area contributed by atoms with Crippen molar-refractivity contribution in [1.82, 2.24) is 9.97 Å². The molecule has 5 nitrogen and oxygen atoms in total. The molecule has 0 fully saturated rings. The van der Waals surface area contributed by atoms with Crippen molar-refractivity contribution < 1.29 is 4.42 Å². The quantitative estimate of drug-likeness (QED) is 0.659. The van der Waals surface area contributed by atoms with Crippen LogP contribution >= 0.6 is 11.6 Å². The lowest BCUT2D eigenvalue weighted by Gasteiger charge is -1.94. The predicted molar refractivity (Wildman–Crippen MR) is 69.5 cm³/mol. The van der Waals surface area contributed by atoms with Crippen molar-refractivity contribution in [2.75, 3.05) is 5.73 Å². The van der Waals surface area contributed by atoms with Crippen molar-refractivity contribution in [2.24, 2.45) is 0 Å². The molecule has 0 aliphatic carbocycles. The highest BCUT2D eigenvalue weighted by Crippen LogP contribution is 2.28. The number of benzene rings is 1. The van der Waals surface area contributed by atoms with Gasteiger partial charge in [0.2, 0.25) is 5.89 Å². The Morgan fingerprint density at radius 1 is 1.39 bits per heavy atom. The van der Waals surface area contributed by atoms with Gasteiger partial charge in [0.1, 0.15) is 11.1 Å². The zero-order chi connectivity index (χ0) is 12.7. The van der Waals surface area contributed by atoms with Crippen molar-refractivity contribution in [2.45, 2.75) is 0 Å². The molecular weight excluding hydrogens is 254 g/mol. The minimum Gasteiger partial charge on any atom is -0.436 e. The van der Waals surface area contributed by atoms with Gasteiger partial charge in [-0.1, -0.05) is 11.6 Å². The maximum Gasteiger partial charge on any atom is 0.232 e. The van der Waals surface area contributed by atoms with Crippen LogP contribution < -0.4 is 11.2 Å². The Bertz CT molecular complexity index is 752. The largest absolute Gasteiger partial charge is 0.436 e. The SMILES string of the molecule is Nc1cc2oc(-c3c[nH]ccc3=O)nc2cc1Cl. The highest BCUT2D eigenvalue weighted by molar-refractivity contribution is 6.33. The Labute approximate surface area is 106 Å². The van der Waals surface area contributed by atoms with Gasteiger partial charge in [-0.25, -0.2) is 4.98 Å². The number of H-pyrrole nitrogens is 1. The molecule has 0 unspecified atom stereocenters. The van der Waals surface area contributed by atoms with E-state index < -0.39 is 0 Å². The molecule has 90 valence electrons. The van der Waals surface area contributed by atoms with E-state index in [1.807, 2.05) is 0 Å². The van der Waals surface area contributed by atoms with E-state index in [1.165, 1.54) is 12.3 Å². The minimum atomic E-state index is -0.167. The van der Waals surface area contributed by atoms with Gasteiger partial charge in [-0.3, -0.25) is 4.79 Å². The molecule has 6 heteroatoms. The molecule has 18 heavy (non-hydrogen) atoms. The van der Waals surface area contributed by atoms with Gasteiger partial charge in [-0.05, 0) is 6.07 Å². The first-order valence-corrected chi connectivity index (χ1v) is 5.56. The van der Waals surface area contributed by atoms with Gasteiger partial charge >= 0.3 is 0 Å². The van der Waals surface area contributed by atoms with Crippen LogP contribution in [0.3, 0.4) is 0 Å². The maximum atomic E-state index is 11.7. The molecule has 0 saturated carbocycles. The Morgan fingerprint density at radius 3 is 3.00 bits per heavy atom. The monoisotopic (exact) mass is 261 g/mol. The summed E-state index contributed by atoms with van der Waals surface area (Å²) in [6.45, 7) is 0. The van der Waals surface area contributed by atoms with Gasteiger partial charge in [-0.15, -0.1) is 0 Å². The van der Waals surface area contributed by atoms with Gasteiger partial charge in [-0.2, -0.15) is 0 Å². The number of hydrogen-bond acceptors (Lipinski definition) is 4. The molecule has 0 aliphatic rings. The zero-order valence-electron chi connectivity index (χ0n) is 9.11. The van der Waals surface area contributed by atoms with Gasteiger partial charge in [0.15, 0.2) is 11.0 Å². The fraction of sp³-hybridized carbons (Fsp3) is 0. The summed E-state index contributed by atoms with van der Waals surface area (Å²) in [5, 5.41) is 0.407. The Balaban J connectivity index is 2.26. The number of halogens is 1. The fourth-order valence-electron chi connectivity index (χ4n) is 1.66. The third-order valence-electron chi connectivity index (χ3n) is 2.56. The molecule has 2 aromatic heterocycles. The van der Waals surface area contributed by atoms with E-state index in [0.29, 0.717) is 27.4 Å². The first-order valence-electron chi connectivity index (χ1n) is 5.18. The third-order valence-corrected chi connectivity index (χ3v) is 2.89. The van der Waals surface area contributed by atoms with E-state index >= 15 is 0 Å². The first-order chi connectivity index (χ1) is 8.65. The van der Waals surface area contributed by atoms with Gasteiger partial charge in [0.25, 0.3) is 0 Å². The minimum absolute atomic E-state index is 0.167. The first kappa shape index (κ1) is 10.9. The van der Waals surface area contributed by atoms with E-state index in [1.54, 1.807) is 18.3 Å². The van der Waals surface area contributed by atoms with E-state index in [2.05, 4.69) is 9.97 Å². The van der Waals surface area contributed by atoms with Crippen molar-refractivity contribution in [1.29, 1.82) is 0 Å². The number of anilines is 1. The lowest BCUT2D eigenvalue weighted by atomic mass is 10.3. The molecule has 3 rings (SSSR count). The van der Waals surface area contributed by atoms with Crippen LogP contribution in [0.5, 0.6) is 0 Å². The molecule has 2 heterocycles. The van der Waals surface area contributed by atoms with Crippen LogP contribution in [-0.2, 0) is 0 Å². The zero-order valence-corrected chi connectivity index (χ0v) is 9.86. The number of pyridine rings is 1. The van der Waals surface area contributed by atoms with Crippen LogP contribution in [0.4, 0.5) is 5.69 Å². The van der Waals surface area contributed by atoms with Crippen LogP contribution in [0.1, 0.15) is 0 Å². The van der Waals surface area contributed by atoms with E-state index in [4.69, 9.17) is 21.8 Å². The summed E-state index contributed by atoms with van der Waals surface area (Å²) in [6.07, 6.45) is 3.08. The molecule has 0 aliphatic heterocycles. The lowest BCUT2D eigenvalue weighted by Crippen LogP contribution is -2.02. The smallest absolute Gasteiger partial charge is 0.232 e.